The predicted octanol–water partition coefficient (Wildman–Crippen LogP) is 4.44. The standard InChI is InChI=1S/C20H13ClN6O6S/c1-2-33-19(30)15(24-23-11-4-6-12(7-5-11)27(31)32)16(28)18-25-26-14-9-10(21)3-8-13(14)17(29)22-20(26)34-18/h3-9,28H,2H2,1H3. The van der Waals surface area contributed by atoms with Gasteiger partial charge in [0.05, 0.1) is 28.1 Å². The summed E-state index contributed by atoms with van der Waals surface area (Å²) in [4.78, 5) is 39.1. The molecule has 4 rings (SSSR count). The fourth-order valence-electron chi connectivity index (χ4n) is 2.85. The molecule has 14 heteroatoms. The third-order valence-electron chi connectivity index (χ3n) is 4.40. The van der Waals surface area contributed by atoms with Crippen molar-refractivity contribution in [1.82, 2.24) is 14.6 Å². The Bertz CT molecular complexity index is 1560. The summed E-state index contributed by atoms with van der Waals surface area (Å²) in [5, 5.41) is 34.1. The lowest BCUT2D eigenvalue weighted by molar-refractivity contribution is -0.384. The fourth-order valence-corrected chi connectivity index (χ4v) is 3.86. The van der Waals surface area contributed by atoms with Crippen molar-refractivity contribution >= 4 is 61.9 Å². The number of hydrogen-bond acceptors (Lipinski definition) is 11. The molecular formula is C20H13ClN6O6S. The number of carbonyl (C=O) groups excluding carboxylic acids is 1. The summed E-state index contributed by atoms with van der Waals surface area (Å²) < 4.78 is 6.27. The topological polar surface area (TPSA) is 162 Å². The van der Waals surface area contributed by atoms with Gasteiger partial charge in [-0.15, -0.1) is 5.11 Å². The molecular weight excluding hydrogens is 488 g/mol. The number of aliphatic hydroxyl groups is 1. The molecule has 0 bridgehead atoms. The highest BCUT2D eigenvalue weighted by Crippen LogP contribution is 2.27. The van der Waals surface area contributed by atoms with Crippen LogP contribution in [0.5, 0.6) is 0 Å². The summed E-state index contributed by atoms with van der Waals surface area (Å²) in [6.45, 7) is 1.57. The molecule has 0 aliphatic heterocycles. The van der Waals surface area contributed by atoms with E-state index in [2.05, 4.69) is 20.3 Å². The van der Waals surface area contributed by atoms with Crippen molar-refractivity contribution in [3.8, 4) is 0 Å². The summed E-state index contributed by atoms with van der Waals surface area (Å²) in [5.41, 5.74) is -0.648. The largest absolute Gasteiger partial charge is 0.503 e. The van der Waals surface area contributed by atoms with E-state index in [-0.39, 0.29) is 33.3 Å². The fraction of sp³-hybridized carbons (Fsp3) is 0.100. The Labute approximate surface area is 198 Å². The molecule has 0 saturated heterocycles. The zero-order valence-corrected chi connectivity index (χ0v) is 18.8. The van der Waals surface area contributed by atoms with Crippen LogP contribution in [0.3, 0.4) is 0 Å². The van der Waals surface area contributed by atoms with Gasteiger partial charge >= 0.3 is 5.97 Å². The number of nitrogens with zero attached hydrogens (tertiary/aromatic N) is 6. The quantitative estimate of drug-likeness (QED) is 0.101. The Kier molecular flexibility index (Phi) is 6.30. The minimum Gasteiger partial charge on any atom is -0.503 e. The molecule has 0 fully saturated rings. The maximum atomic E-state index is 12.5. The number of ether oxygens (including phenoxy) is 1. The molecule has 34 heavy (non-hydrogen) atoms. The van der Waals surface area contributed by atoms with Gasteiger partial charge in [0.25, 0.3) is 11.2 Å². The third kappa shape index (κ3) is 4.46. The van der Waals surface area contributed by atoms with Crippen LogP contribution in [0.4, 0.5) is 11.4 Å². The zero-order chi connectivity index (χ0) is 24.4. The molecule has 2 heterocycles. The SMILES string of the molecule is CCOC(=O)C(N=Nc1ccc([N+](=O)[O-])cc1)=C(O)c1nn2c(nc(=O)c3ccc(Cl)cc32)s1. The molecule has 2 aromatic heterocycles. The van der Waals surface area contributed by atoms with E-state index in [1.54, 1.807) is 13.0 Å². The molecule has 0 aliphatic carbocycles. The van der Waals surface area contributed by atoms with Gasteiger partial charge in [0.2, 0.25) is 10.7 Å². The number of nitro benzene ring substituents is 1. The van der Waals surface area contributed by atoms with Gasteiger partial charge in [-0.1, -0.05) is 22.9 Å². The van der Waals surface area contributed by atoms with Gasteiger partial charge < -0.3 is 9.84 Å². The van der Waals surface area contributed by atoms with Crippen LogP contribution in [0.2, 0.25) is 5.02 Å². The highest BCUT2D eigenvalue weighted by Gasteiger charge is 2.22. The molecule has 0 unspecified atom stereocenters. The van der Waals surface area contributed by atoms with Gasteiger partial charge in [-0.05, 0) is 37.3 Å². The summed E-state index contributed by atoms with van der Waals surface area (Å²) in [6.07, 6.45) is 0. The van der Waals surface area contributed by atoms with Crippen molar-refractivity contribution < 1.29 is 19.6 Å². The van der Waals surface area contributed by atoms with Crippen molar-refractivity contribution in [1.29, 1.82) is 0 Å². The number of non-ortho nitro benzene ring substituents is 1. The summed E-state index contributed by atoms with van der Waals surface area (Å²) in [6, 6.07) is 9.66. The van der Waals surface area contributed by atoms with Crippen LogP contribution in [-0.4, -0.2) is 37.2 Å². The lowest BCUT2D eigenvalue weighted by atomic mass is 10.2. The summed E-state index contributed by atoms with van der Waals surface area (Å²) in [7, 11) is 0. The Hall–Kier alpha value is -4.23. The normalized spacial score (nSPS) is 12.3. The molecule has 2 aromatic carbocycles. The third-order valence-corrected chi connectivity index (χ3v) is 5.55. The summed E-state index contributed by atoms with van der Waals surface area (Å²) in [5.74, 6) is -1.62. The van der Waals surface area contributed by atoms with Crippen LogP contribution in [-0.2, 0) is 9.53 Å². The van der Waals surface area contributed by atoms with Crippen LogP contribution < -0.4 is 5.56 Å². The number of carbonyl (C=O) groups is 1. The van der Waals surface area contributed by atoms with E-state index in [0.717, 1.165) is 11.3 Å². The number of rotatable bonds is 6. The van der Waals surface area contributed by atoms with E-state index >= 15 is 0 Å². The maximum absolute atomic E-state index is 12.5. The van der Waals surface area contributed by atoms with E-state index in [1.165, 1.54) is 40.9 Å². The number of aromatic nitrogens is 3. The van der Waals surface area contributed by atoms with Gasteiger partial charge in [0.1, 0.15) is 0 Å². The molecule has 0 atom stereocenters. The van der Waals surface area contributed by atoms with Gasteiger partial charge in [0, 0.05) is 17.2 Å². The van der Waals surface area contributed by atoms with Crippen LogP contribution in [0.1, 0.15) is 11.9 Å². The Morgan fingerprint density at radius 1 is 1.29 bits per heavy atom. The predicted molar refractivity (Wildman–Crippen MR) is 123 cm³/mol. The van der Waals surface area contributed by atoms with Crippen LogP contribution in [0.15, 0.2) is 63.2 Å². The number of azo groups is 1. The summed E-state index contributed by atoms with van der Waals surface area (Å²) >= 11 is 6.89. The lowest BCUT2D eigenvalue weighted by Gasteiger charge is -2.03. The number of halogens is 1. The molecule has 4 aromatic rings. The highest BCUT2D eigenvalue weighted by atomic mass is 35.5. The van der Waals surface area contributed by atoms with Crippen molar-refractivity contribution in [3.05, 3.63) is 78.7 Å². The maximum Gasteiger partial charge on any atom is 0.362 e. The van der Waals surface area contributed by atoms with E-state index in [9.17, 15) is 24.8 Å². The number of nitro groups is 1. The molecule has 172 valence electrons. The first-order valence-electron chi connectivity index (χ1n) is 9.54. The number of hydrogen-bond donors (Lipinski definition) is 1. The minimum atomic E-state index is -0.972. The van der Waals surface area contributed by atoms with Gasteiger partial charge in [-0.2, -0.15) is 15.2 Å². The first-order valence-corrected chi connectivity index (χ1v) is 10.7. The number of fused-ring (bicyclic) bond motifs is 3. The zero-order valence-electron chi connectivity index (χ0n) is 17.2. The first kappa shape index (κ1) is 22.9. The molecule has 1 N–H and O–H groups in total. The smallest absolute Gasteiger partial charge is 0.362 e. The monoisotopic (exact) mass is 500 g/mol. The Morgan fingerprint density at radius 2 is 2.03 bits per heavy atom. The molecule has 12 nitrogen and oxygen atoms in total. The second-order valence-electron chi connectivity index (χ2n) is 6.57. The minimum absolute atomic E-state index is 0.00148. The molecule has 0 aliphatic rings. The molecule has 0 saturated carbocycles. The van der Waals surface area contributed by atoms with Crippen molar-refractivity contribution in [2.75, 3.05) is 6.61 Å². The van der Waals surface area contributed by atoms with Crippen LogP contribution in [0.25, 0.3) is 21.6 Å². The van der Waals surface area contributed by atoms with Crippen molar-refractivity contribution in [2.24, 2.45) is 10.2 Å². The second kappa shape index (κ2) is 9.33. The Morgan fingerprint density at radius 3 is 2.71 bits per heavy atom. The van der Waals surface area contributed by atoms with Crippen LogP contribution in [0, 0.1) is 10.1 Å². The van der Waals surface area contributed by atoms with Crippen molar-refractivity contribution in [2.45, 2.75) is 6.92 Å². The Balaban J connectivity index is 1.82. The number of esters is 1. The van der Waals surface area contributed by atoms with Gasteiger partial charge in [-0.25, -0.2) is 9.31 Å². The molecule has 0 spiro atoms. The van der Waals surface area contributed by atoms with E-state index in [1.807, 2.05) is 0 Å². The van der Waals surface area contributed by atoms with E-state index in [0.29, 0.717) is 10.5 Å². The lowest BCUT2D eigenvalue weighted by Crippen LogP contribution is -2.10. The van der Waals surface area contributed by atoms with Crippen molar-refractivity contribution in [3.63, 3.8) is 0 Å². The first-order chi connectivity index (χ1) is 16.3. The van der Waals surface area contributed by atoms with Gasteiger partial charge in [-0.3, -0.25) is 14.9 Å². The average molecular weight is 501 g/mol. The average Bonchev–Trinajstić information content (AvgIpc) is 3.24. The highest BCUT2D eigenvalue weighted by molar-refractivity contribution is 7.17. The molecule has 0 radical (unpaired) electrons. The molecule has 0 amide bonds. The second-order valence-corrected chi connectivity index (χ2v) is 7.96. The number of benzene rings is 2. The van der Waals surface area contributed by atoms with E-state index in [4.69, 9.17) is 16.3 Å². The van der Waals surface area contributed by atoms with Gasteiger partial charge in [0.15, 0.2) is 10.8 Å². The number of aliphatic hydroxyl groups excluding tert-OH is 1. The van der Waals surface area contributed by atoms with E-state index < -0.39 is 27.9 Å². The van der Waals surface area contributed by atoms with Crippen LogP contribution >= 0.6 is 22.9 Å².